The normalized spacial score (nSPS) is 29.3. The van der Waals surface area contributed by atoms with E-state index in [9.17, 15) is 5.11 Å². The molecule has 0 aromatic heterocycles. The summed E-state index contributed by atoms with van der Waals surface area (Å²) >= 11 is 0. The van der Waals surface area contributed by atoms with Gasteiger partial charge < -0.3 is 20.6 Å². The Hall–Kier alpha value is -0.810. The molecule has 2 aliphatic carbocycles. The van der Waals surface area contributed by atoms with E-state index >= 15 is 0 Å². The minimum absolute atomic E-state index is 0.487. The van der Waals surface area contributed by atoms with Gasteiger partial charge in [-0.1, -0.05) is 25.7 Å². The van der Waals surface area contributed by atoms with Crippen LogP contribution in [0.4, 0.5) is 0 Å². The number of aliphatic imine (C=N–C) groups is 1. The first-order chi connectivity index (χ1) is 11.2. The molecule has 1 unspecified atom stereocenters. The fraction of sp³-hybridized carbons (Fsp3) is 0.944. The molecular weight excluding hydrogens is 288 g/mol. The zero-order valence-corrected chi connectivity index (χ0v) is 14.7. The van der Waals surface area contributed by atoms with Gasteiger partial charge in [0.25, 0.3) is 0 Å². The van der Waals surface area contributed by atoms with Crippen LogP contribution in [0.25, 0.3) is 0 Å². The maximum absolute atomic E-state index is 10.4. The molecule has 3 fully saturated rings. The van der Waals surface area contributed by atoms with Crippen molar-refractivity contribution in [2.75, 3.05) is 33.2 Å². The molecule has 0 bridgehead atoms. The summed E-state index contributed by atoms with van der Waals surface area (Å²) in [5.74, 6) is 1.78. The summed E-state index contributed by atoms with van der Waals surface area (Å²) in [7, 11) is 1.82. The molecule has 0 amide bonds. The Bertz CT molecular complexity index is 400. The Morgan fingerprint density at radius 2 is 1.91 bits per heavy atom. The van der Waals surface area contributed by atoms with Gasteiger partial charge in [0.1, 0.15) is 0 Å². The number of guanidine groups is 1. The monoisotopic (exact) mass is 322 g/mol. The number of nitrogens with one attached hydrogen (secondary N) is 2. The molecular formula is C18H34N4O. The van der Waals surface area contributed by atoms with Gasteiger partial charge in [0.05, 0.1) is 5.60 Å². The van der Waals surface area contributed by atoms with Crippen LogP contribution in [0.15, 0.2) is 4.99 Å². The molecule has 2 saturated carbocycles. The van der Waals surface area contributed by atoms with E-state index in [2.05, 4.69) is 20.5 Å². The Kier molecular flexibility index (Phi) is 5.81. The van der Waals surface area contributed by atoms with Crippen molar-refractivity contribution in [3.05, 3.63) is 0 Å². The summed E-state index contributed by atoms with van der Waals surface area (Å²) in [6.07, 6.45) is 11.0. The van der Waals surface area contributed by atoms with Crippen molar-refractivity contribution in [1.82, 2.24) is 15.5 Å². The molecule has 3 N–H and O–H groups in total. The second kappa shape index (κ2) is 7.84. The van der Waals surface area contributed by atoms with Gasteiger partial charge in [-0.05, 0) is 38.0 Å². The molecule has 5 heteroatoms. The molecule has 3 rings (SSSR count). The van der Waals surface area contributed by atoms with Crippen LogP contribution in [-0.4, -0.2) is 60.8 Å². The Morgan fingerprint density at radius 3 is 2.61 bits per heavy atom. The zero-order chi connectivity index (χ0) is 16.1. The van der Waals surface area contributed by atoms with Gasteiger partial charge in [-0.2, -0.15) is 0 Å². The molecule has 0 radical (unpaired) electrons. The number of rotatable bonds is 5. The lowest BCUT2D eigenvalue weighted by molar-refractivity contribution is 0.0521. The highest BCUT2D eigenvalue weighted by Gasteiger charge is 2.31. The Labute approximate surface area is 140 Å². The highest BCUT2D eigenvalue weighted by atomic mass is 16.3. The van der Waals surface area contributed by atoms with Gasteiger partial charge in [0.15, 0.2) is 5.96 Å². The van der Waals surface area contributed by atoms with Crippen LogP contribution in [0.2, 0.25) is 0 Å². The lowest BCUT2D eigenvalue weighted by Gasteiger charge is -2.25. The lowest BCUT2D eigenvalue weighted by atomic mass is 10.0. The minimum Gasteiger partial charge on any atom is -0.388 e. The zero-order valence-electron chi connectivity index (χ0n) is 14.7. The summed E-state index contributed by atoms with van der Waals surface area (Å²) < 4.78 is 0. The van der Waals surface area contributed by atoms with Crippen LogP contribution in [-0.2, 0) is 0 Å². The lowest BCUT2D eigenvalue weighted by Crippen LogP contribution is -2.49. The second-order valence-electron chi connectivity index (χ2n) is 7.90. The van der Waals surface area contributed by atoms with Gasteiger partial charge in [-0.25, -0.2) is 0 Å². The van der Waals surface area contributed by atoms with E-state index in [1.807, 2.05) is 7.05 Å². The predicted octanol–water partition coefficient (Wildman–Crippen LogP) is 1.72. The fourth-order valence-corrected chi connectivity index (χ4v) is 4.52. The van der Waals surface area contributed by atoms with E-state index in [1.54, 1.807) is 0 Å². The molecule has 0 aromatic carbocycles. The predicted molar refractivity (Wildman–Crippen MR) is 94.7 cm³/mol. The maximum atomic E-state index is 10.4. The van der Waals surface area contributed by atoms with Crippen LogP contribution in [0.3, 0.4) is 0 Å². The molecule has 23 heavy (non-hydrogen) atoms. The largest absolute Gasteiger partial charge is 0.388 e. The molecule has 5 nitrogen and oxygen atoms in total. The standard InChI is InChI=1S/C18H34N4O/c1-19-17(20-14-18(23)9-4-5-10-18)21-16-8-11-22(13-16)12-15-6-2-3-7-15/h15-16,23H,2-14H2,1H3,(H2,19,20,21). The number of hydrogen-bond acceptors (Lipinski definition) is 3. The summed E-state index contributed by atoms with van der Waals surface area (Å²) in [5.41, 5.74) is -0.526. The summed E-state index contributed by atoms with van der Waals surface area (Å²) in [6, 6.07) is 0.487. The third-order valence-electron chi connectivity index (χ3n) is 5.95. The average molecular weight is 322 g/mol. The fourth-order valence-electron chi connectivity index (χ4n) is 4.52. The molecule has 1 saturated heterocycles. The highest BCUT2D eigenvalue weighted by molar-refractivity contribution is 5.80. The third kappa shape index (κ3) is 4.83. The first kappa shape index (κ1) is 17.0. The molecule has 132 valence electrons. The van der Waals surface area contributed by atoms with Crippen molar-refractivity contribution < 1.29 is 5.11 Å². The molecule has 0 aromatic rings. The van der Waals surface area contributed by atoms with Crippen molar-refractivity contribution in [1.29, 1.82) is 0 Å². The summed E-state index contributed by atoms with van der Waals surface area (Å²) in [4.78, 5) is 6.95. The summed E-state index contributed by atoms with van der Waals surface area (Å²) in [5, 5.41) is 17.3. The van der Waals surface area contributed by atoms with Crippen LogP contribution in [0, 0.1) is 5.92 Å². The first-order valence-electron chi connectivity index (χ1n) is 9.59. The van der Waals surface area contributed by atoms with E-state index in [0.717, 1.165) is 44.1 Å². The minimum atomic E-state index is -0.526. The van der Waals surface area contributed by atoms with E-state index in [-0.39, 0.29) is 0 Å². The first-order valence-corrected chi connectivity index (χ1v) is 9.59. The van der Waals surface area contributed by atoms with Crippen LogP contribution in [0.1, 0.15) is 57.8 Å². The van der Waals surface area contributed by atoms with Crippen LogP contribution >= 0.6 is 0 Å². The van der Waals surface area contributed by atoms with Gasteiger partial charge in [0.2, 0.25) is 0 Å². The van der Waals surface area contributed by atoms with E-state index < -0.39 is 5.60 Å². The third-order valence-corrected chi connectivity index (χ3v) is 5.95. The average Bonchev–Trinajstić information content (AvgIpc) is 3.28. The number of likely N-dealkylation sites (tertiary alicyclic amines) is 1. The second-order valence-corrected chi connectivity index (χ2v) is 7.90. The van der Waals surface area contributed by atoms with E-state index in [0.29, 0.717) is 12.6 Å². The molecule has 1 atom stereocenters. The molecule has 3 aliphatic rings. The quantitative estimate of drug-likeness (QED) is 0.533. The van der Waals surface area contributed by atoms with Crippen LogP contribution < -0.4 is 10.6 Å². The summed E-state index contributed by atoms with van der Waals surface area (Å²) in [6.45, 7) is 4.23. The SMILES string of the molecule is CN=C(NCC1(O)CCCC1)NC1CCN(CC2CCCC2)C1. The topological polar surface area (TPSA) is 59.9 Å². The van der Waals surface area contributed by atoms with Crippen molar-refractivity contribution in [2.24, 2.45) is 10.9 Å². The maximum Gasteiger partial charge on any atom is 0.191 e. The molecule has 1 aliphatic heterocycles. The van der Waals surface area contributed by atoms with Crippen LogP contribution in [0.5, 0.6) is 0 Å². The smallest absolute Gasteiger partial charge is 0.191 e. The van der Waals surface area contributed by atoms with Gasteiger partial charge in [-0.3, -0.25) is 4.99 Å². The van der Waals surface area contributed by atoms with Crippen molar-refractivity contribution in [3.8, 4) is 0 Å². The Balaban J connectivity index is 1.39. The molecule has 0 spiro atoms. The number of aliphatic hydroxyl groups is 1. The number of nitrogens with zero attached hydrogens (tertiary/aromatic N) is 2. The molecule has 1 heterocycles. The van der Waals surface area contributed by atoms with Crippen molar-refractivity contribution in [2.45, 2.75) is 69.4 Å². The van der Waals surface area contributed by atoms with E-state index in [4.69, 9.17) is 0 Å². The Morgan fingerprint density at radius 1 is 1.17 bits per heavy atom. The van der Waals surface area contributed by atoms with E-state index in [1.165, 1.54) is 45.2 Å². The van der Waals surface area contributed by atoms with Gasteiger partial charge >= 0.3 is 0 Å². The number of hydrogen-bond donors (Lipinski definition) is 3. The van der Waals surface area contributed by atoms with Gasteiger partial charge in [-0.15, -0.1) is 0 Å². The van der Waals surface area contributed by atoms with Crippen molar-refractivity contribution in [3.63, 3.8) is 0 Å². The highest BCUT2D eigenvalue weighted by Crippen LogP contribution is 2.28. The van der Waals surface area contributed by atoms with Gasteiger partial charge in [0, 0.05) is 39.3 Å². The van der Waals surface area contributed by atoms with Crippen molar-refractivity contribution >= 4 is 5.96 Å².